The number of aliphatic hydroxyl groups excluding tert-OH is 1. The van der Waals surface area contributed by atoms with E-state index >= 15 is 0 Å². The second kappa shape index (κ2) is 4.97. The number of hydrogen-bond acceptors (Lipinski definition) is 5. The van der Waals surface area contributed by atoms with Crippen LogP contribution in [0.2, 0.25) is 0 Å². The summed E-state index contributed by atoms with van der Waals surface area (Å²) in [5, 5.41) is 13.1. The van der Waals surface area contributed by atoms with Crippen molar-refractivity contribution in [2.24, 2.45) is 5.73 Å². The van der Waals surface area contributed by atoms with Crippen LogP contribution in [0.25, 0.3) is 11.1 Å². The Bertz CT molecular complexity index is 788. The van der Waals surface area contributed by atoms with Crippen LogP contribution in [-0.2, 0) is 0 Å². The molecule has 8 heteroatoms. The van der Waals surface area contributed by atoms with E-state index in [0.29, 0.717) is 32.1 Å². The van der Waals surface area contributed by atoms with Gasteiger partial charge >= 0.3 is 5.91 Å². The molecule has 0 aliphatic heterocycles. The molecular weight excluding hydrogens is 320 g/mol. The number of halogens is 2. The lowest BCUT2D eigenvalue weighted by Gasteiger charge is -2.54. The molecule has 0 radical (unpaired) electrons. The van der Waals surface area contributed by atoms with E-state index in [-0.39, 0.29) is 17.0 Å². The van der Waals surface area contributed by atoms with Crippen molar-refractivity contribution in [1.82, 2.24) is 10.3 Å². The maximum Gasteiger partial charge on any atom is 0.307 e. The average molecular weight is 337 g/mol. The van der Waals surface area contributed by atoms with Gasteiger partial charge in [0.2, 0.25) is 0 Å². The minimum Gasteiger partial charge on any atom is -0.432 e. The zero-order valence-electron chi connectivity index (χ0n) is 12.8. The highest BCUT2D eigenvalue weighted by Crippen LogP contribution is 2.45. The van der Waals surface area contributed by atoms with Crippen molar-refractivity contribution < 1.29 is 23.1 Å². The number of carbonyl (C=O) groups excluding carboxylic acids is 1. The lowest BCUT2D eigenvalue weighted by atomic mass is 9.60. The fourth-order valence-corrected chi connectivity index (χ4v) is 3.80. The number of amides is 1. The van der Waals surface area contributed by atoms with Crippen LogP contribution in [0.5, 0.6) is 0 Å². The Balaban J connectivity index is 1.58. The first-order valence-corrected chi connectivity index (χ1v) is 7.85. The molecule has 1 heterocycles. The van der Waals surface area contributed by atoms with Gasteiger partial charge in [0.15, 0.2) is 17.2 Å². The van der Waals surface area contributed by atoms with E-state index in [0.717, 1.165) is 12.1 Å². The van der Waals surface area contributed by atoms with Gasteiger partial charge in [-0.3, -0.25) is 4.79 Å². The van der Waals surface area contributed by atoms with Crippen molar-refractivity contribution in [3.05, 3.63) is 29.7 Å². The van der Waals surface area contributed by atoms with E-state index in [1.54, 1.807) is 0 Å². The van der Waals surface area contributed by atoms with E-state index in [9.17, 15) is 18.7 Å². The standard InChI is InChI=1S/C16H17F2N3O3/c17-8-5-10-11(6-9(8)18)24-14(20-10)13(23)21-15-1-3-16(19,4-2-15)12(22)7-15/h5-6,12,22H,1-4,7,19H2,(H,21,23)/t12-,15?,16?/m0/s1. The van der Waals surface area contributed by atoms with Crippen molar-refractivity contribution in [2.75, 3.05) is 0 Å². The molecule has 24 heavy (non-hydrogen) atoms. The van der Waals surface area contributed by atoms with Crippen molar-refractivity contribution in [3.8, 4) is 0 Å². The number of nitrogens with two attached hydrogens (primary N) is 1. The Morgan fingerprint density at radius 2 is 1.96 bits per heavy atom. The molecule has 1 amide bonds. The van der Waals surface area contributed by atoms with Crippen LogP contribution in [0.4, 0.5) is 8.78 Å². The smallest absolute Gasteiger partial charge is 0.307 e. The first kappa shape index (κ1) is 15.5. The molecule has 0 spiro atoms. The van der Waals surface area contributed by atoms with Gasteiger partial charge in [-0.05, 0) is 32.1 Å². The topological polar surface area (TPSA) is 101 Å². The number of aliphatic hydroxyl groups is 1. The first-order chi connectivity index (χ1) is 11.3. The molecule has 0 saturated heterocycles. The van der Waals surface area contributed by atoms with Gasteiger partial charge in [-0.1, -0.05) is 0 Å². The number of benzene rings is 1. The zero-order chi connectivity index (χ0) is 17.1. The van der Waals surface area contributed by atoms with Gasteiger partial charge in [0.05, 0.1) is 6.10 Å². The van der Waals surface area contributed by atoms with Crippen molar-refractivity contribution in [2.45, 2.75) is 49.3 Å². The molecule has 3 saturated carbocycles. The lowest BCUT2D eigenvalue weighted by molar-refractivity contribution is -0.0414. The summed E-state index contributed by atoms with van der Waals surface area (Å²) in [7, 11) is 0. The molecule has 5 rings (SSSR count). The summed E-state index contributed by atoms with van der Waals surface area (Å²) in [5.74, 6) is -2.94. The van der Waals surface area contributed by atoms with Gasteiger partial charge in [0.1, 0.15) is 5.52 Å². The number of rotatable bonds is 2. The van der Waals surface area contributed by atoms with E-state index < -0.39 is 34.7 Å². The minimum absolute atomic E-state index is 0.00449. The fourth-order valence-electron chi connectivity index (χ4n) is 3.80. The molecule has 1 aromatic carbocycles. The highest BCUT2D eigenvalue weighted by molar-refractivity contribution is 5.92. The van der Waals surface area contributed by atoms with Gasteiger partial charge in [-0.2, -0.15) is 0 Å². The van der Waals surface area contributed by atoms with Crippen LogP contribution in [0.3, 0.4) is 0 Å². The Morgan fingerprint density at radius 3 is 2.62 bits per heavy atom. The molecule has 128 valence electrons. The number of fused-ring (bicyclic) bond motifs is 4. The van der Waals surface area contributed by atoms with Crippen LogP contribution in [0.15, 0.2) is 16.5 Å². The van der Waals surface area contributed by atoms with Crippen LogP contribution < -0.4 is 11.1 Å². The Morgan fingerprint density at radius 1 is 1.29 bits per heavy atom. The highest BCUT2D eigenvalue weighted by atomic mass is 19.2. The summed E-state index contributed by atoms with van der Waals surface area (Å²) in [6, 6.07) is 1.75. The van der Waals surface area contributed by atoms with Crippen molar-refractivity contribution >= 4 is 17.0 Å². The monoisotopic (exact) mass is 337 g/mol. The van der Waals surface area contributed by atoms with E-state index in [2.05, 4.69) is 10.3 Å². The van der Waals surface area contributed by atoms with Crippen molar-refractivity contribution in [1.29, 1.82) is 0 Å². The first-order valence-electron chi connectivity index (χ1n) is 7.85. The van der Waals surface area contributed by atoms with Gasteiger partial charge in [0.25, 0.3) is 5.89 Å². The SMILES string of the molecule is NC12CCC(NC(=O)c3nc4cc(F)c(F)cc4o3)(CC1)C[C@@H]2O. The molecule has 2 bridgehead atoms. The van der Waals surface area contributed by atoms with Gasteiger partial charge in [0, 0.05) is 23.2 Å². The summed E-state index contributed by atoms with van der Waals surface area (Å²) in [5.41, 5.74) is 5.12. The van der Waals surface area contributed by atoms with Gasteiger partial charge in [-0.25, -0.2) is 13.8 Å². The van der Waals surface area contributed by atoms with Crippen LogP contribution in [0.1, 0.15) is 42.8 Å². The molecule has 6 nitrogen and oxygen atoms in total. The largest absolute Gasteiger partial charge is 0.432 e. The Kier molecular flexibility index (Phi) is 3.20. The predicted molar refractivity (Wildman–Crippen MR) is 80.1 cm³/mol. The second-order valence-electron chi connectivity index (χ2n) is 6.94. The fraction of sp³-hybridized carbons (Fsp3) is 0.500. The Labute approximate surface area is 136 Å². The number of hydrogen-bond donors (Lipinski definition) is 3. The third-order valence-electron chi connectivity index (χ3n) is 5.39. The number of carbonyl (C=O) groups is 1. The van der Waals surface area contributed by atoms with Gasteiger partial charge < -0.3 is 20.6 Å². The van der Waals surface area contributed by atoms with Crippen LogP contribution >= 0.6 is 0 Å². The van der Waals surface area contributed by atoms with Crippen LogP contribution in [0, 0.1) is 11.6 Å². The lowest BCUT2D eigenvalue weighted by Crippen LogP contribution is -2.68. The highest BCUT2D eigenvalue weighted by Gasteiger charge is 2.53. The quantitative estimate of drug-likeness (QED) is 0.773. The summed E-state index contributed by atoms with van der Waals surface area (Å²) >= 11 is 0. The molecular formula is C16H17F2N3O3. The summed E-state index contributed by atoms with van der Waals surface area (Å²) < 4.78 is 31.7. The maximum atomic E-state index is 13.2. The number of oxazole rings is 1. The van der Waals surface area contributed by atoms with Gasteiger partial charge in [-0.15, -0.1) is 0 Å². The normalized spacial score (nSPS) is 32.2. The molecule has 1 atom stereocenters. The predicted octanol–water partition coefficient (Wildman–Crippen LogP) is 1.61. The number of nitrogens with one attached hydrogen (secondary N) is 1. The molecule has 3 aliphatic rings. The molecule has 2 aromatic rings. The second-order valence-corrected chi connectivity index (χ2v) is 6.94. The Hall–Kier alpha value is -2.06. The summed E-state index contributed by atoms with van der Waals surface area (Å²) in [6.45, 7) is 0. The summed E-state index contributed by atoms with van der Waals surface area (Å²) in [4.78, 5) is 16.4. The zero-order valence-corrected chi connectivity index (χ0v) is 12.8. The maximum absolute atomic E-state index is 13.2. The third-order valence-corrected chi connectivity index (χ3v) is 5.39. The third kappa shape index (κ3) is 2.29. The molecule has 3 aliphatic carbocycles. The molecule has 3 fully saturated rings. The van der Waals surface area contributed by atoms with Crippen LogP contribution in [-0.4, -0.2) is 33.2 Å². The average Bonchev–Trinajstić information content (AvgIpc) is 2.93. The van der Waals surface area contributed by atoms with E-state index in [1.807, 2.05) is 0 Å². The molecule has 4 N–H and O–H groups in total. The molecule has 0 unspecified atom stereocenters. The number of nitrogens with zero attached hydrogens (tertiary/aromatic N) is 1. The van der Waals surface area contributed by atoms with E-state index in [4.69, 9.17) is 10.2 Å². The summed E-state index contributed by atoms with van der Waals surface area (Å²) in [6.07, 6.45) is 2.27. The van der Waals surface area contributed by atoms with Crippen molar-refractivity contribution in [3.63, 3.8) is 0 Å². The number of aromatic nitrogens is 1. The van der Waals surface area contributed by atoms with E-state index in [1.165, 1.54) is 0 Å². The molecule has 1 aromatic heterocycles. The minimum atomic E-state index is -1.06.